The summed E-state index contributed by atoms with van der Waals surface area (Å²) in [6, 6.07) is 1.29. The summed E-state index contributed by atoms with van der Waals surface area (Å²) in [6.07, 6.45) is 52.1. The number of fused-ring (bicyclic) bond motifs is 8. The van der Waals surface area contributed by atoms with Gasteiger partial charge in [0.25, 0.3) is 0 Å². The number of nitrogens with zero attached hydrogens (tertiary/aromatic N) is 1. The van der Waals surface area contributed by atoms with E-state index in [1.165, 1.54) is 128 Å². The van der Waals surface area contributed by atoms with E-state index in [4.69, 9.17) is 4.99 Å². The third-order valence-corrected chi connectivity index (χ3v) is 21.1. The minimum absolute atomic E-state index is 0.601. The van der Waals surface area contributed by atoms with E-state index < -0.39 is 0 Å². The minimum atomic E-state index is 0.601. The van der Waals surface area contributed by atoms with Crippen LogP contribution in [0, 0.1) is 94.2 Å². The highest BCUT2D eigenvalue weighted by Gasteiger charge is 2.65. The lowest BCUT2D eigenvalue weighted by Crippen LogP contribution is -2.51. The Morgan fingerprint density at radius 1 is 0.667 bits per heavy atom. The van der Waals surface area contributed by atoms with Crippen molar-refractivity contribution < 1.29 is 0 Å². The highest BCUT2D eigenvalue weighted by Crippen LogP contribution is 2.72. The second-order valence-corrected chi connectivity index (χ2v) is 23.6. The molecule has 11 atom stereocenters. The molecule has 0 amide bonds. The van der Waals surface area contributed by atoms with Gasteiger partial charge >= 0.3 is 0 Å². The molecule has 0 bridgehead atoms. The molecule has 1 N–H and O–H groups in total. The summed E-state index contributed by atoms with van der Waals surface area (Å²) in [4.78, 5) is 5.57. The number of hydrogen-bond acceptors (Lipinski definition) is 2. The number of allylic oxidation sites excluding steroid dienone is 6. The molecule has 314 valence electrons. The Balaban J connectivity index is 0.753. The highest BCUT2D eigenvalue weighted by molar-refractivity contribution is 5.86. The molecular formula is C55H84N2. The number of rotatable bonds is 6. The van der Waals surface area contributed by atoms with E-state index in [2.05, 4.69) is 54.6 Å². The maximum absolute atomic E-state index is 5.57. The van der Waals surface area contributed by atoms with Gasteiger partial charge in [-0.2, -0.15) is 0 Å². The molecule has 2 heteroatoms. The molecular weight excluding hydrogens is 689 g/mol. The highest BCUT2D eigenvalue weighted by atomic mass is 15.1. The van der Waals surface area contributed by atoms with Crippen LogP contribution in [0.1, 0.15) is 194 Å². The molecule has 11 rings (SSSR count). The number of aliphatic imine (C=N–C) groups is 1. The van der Waals surface area contributed by atoms with E-state index in [9.17, 15) is 0 Å². The first-order chi connectivity index (χ1) is 28.1. The van der Waals surface area contributed by atoms with Gasteiger partial charge in [-0.15, -0.1) is 0 Å². The standard InChI is InChI=1S/C55H84N2/c1-35(2)50-45-30-31-47-53(43-19-13-21-46(43)55(47)32-10-5-11-33-55)52(45)44-20-12-18-42(51(44)50)38-26-22-36(23-27-38)37-24-28-40(29-25-37)49-34-48(39-14-6-3-7-15-39)56-54(57-49)41-16-8-4-9-17-41/h4,8,30-31,35-43,45-50,52-53H,3,5-7,9-29,32-34H2,1-2H3,(H,56,57). The predicted molar refractivity (Wildman–Crippen MR) is 239 cm³/mol. The van der Waals surface area contributed by atoms with Gasteiger partial charge in [0, 0.05) is 12.0 Å². The zero-order chi connectivity index (χ0) is 38.1. The van der Waals surface area contributed by atoms with Crippen molar-refractivity contribution in [2.24, 2.45) is 99.2 Å². The van der Waals surface area contributed by atoms with Gasteiger partial charge in [-0.05, 0) is 223 Å². The van der Waals surface area contributed by atoms with Gasteiger partial charge in [0.2, 0.25) is 0 Å². The quantitative estimate of drug-likeness (QED) is 0.267. The summed E-state index contributed by atoms with van der Waals surface area (Å²) in [5.74, 6) is 15.1. The lowest BCUT2D eigenvalue weighted by molar-refractivity contribution is 0.0711. The Bertz CT molecular complexity index is 1530. The molecule has 0 radical (unpaired) electrons. The number of nitrogens with one attached hydrogen (secondary N) is 1. The van der Waals surface area contributed by atoms with E-state index in [0.29, 0.717) is 23.4 Å². The molecule has 10 aliphatic carbocycles. The monoisotopic (exact) mass is 773 g/mol. The molecule has 0 aromatic carbocycles. The summed E-state index contributed by atoms with van der Waals surface area (Å²) in [5.41, 5.74) is 4.89. The van der Waals surface area contributed by atoms with Crippen LogP contribution >= 0.6 is 0 Å². The van der Waals surface area contributed by atoms with Crippen molar-refractivity contribution in [3.8, 4) is 0 Å². The number of hydrogen-bond donors (Lipinski definition) is 1. The Hall–Kier alpha value is -1.31. The van der Waals surface area contributed by atoms with Crippen LogP contribution in [-0.4, -0.2) is 17.9 Å². The fourth-order valence-corrected chi connectivity index (χ4v) is 18.8. The molecule has 6 saturated carbocycles. The molecule has 0 aromatic heterocycles. The molecule has 2 nitrogen and oxygen atoms in total. The average molecular weight is 773 g/mol. The largest absolute Gasteiger partial charge is 0.370 e. The summed E-state index contributed by atoms with van der Waals surface area (Å²) < 4.78 is 0. The van der Waals surface area contributed by atoms with E-state index in [1.54, 1.807) is 57.8 Å². The lowest BCUT2D eigenvalue weighted by atomic mass is 9.58. The van der Waals surface area contributed by atoms with Gasteiger partial charge in [-0.1, -0.05) is 94.2 Å². The van der Waals surface area contributed by atoms with E-state index in [1.807, 2.05) is 0 Å². The van der Waals surface area contributed by atoms with Crippen molar-refractivity contribution in [2.75, 3.05) is 0 Å². The van der Waals surface area contributed by atoms with Crippen LogP contribution in [0.2, 0.25) is 0 Å². The van der Waals surface area contributed by atoms with Crippen molar-refractivity contribution in [2.45, 2.75) is 206 Å². The van der Waals surface area contributed by atoms with Crippen LogP contribution in [0.3, 0.4) is 0 Å². The maximum atomic E-state index is 5.57. The SMILES string of the molecule is CC(C)C1C2=C(CCCC2C2CCC(C3CCC(C4CC(C5CCCCC5)N=C(C5CC=CCC5)N4)CC3)CC2)C2C1C=CC1C2C2CCCC2C12CCCCC2. The summed E-state index contributed by atoms with van der Waals surface area (Å²) in [5, 5.41) is 4.19. The zero-order valence-corrected chi connectivity index (χ0v) is 36.9. The molecule has 0 saturated heterocycles. The second-order valence-electron chi connectivity index (χ2n) is 23.6. The first-order valence-electron chi connectivity index (χ1n) is 26.5. The Kier molecular flexibility index (Phi) is 11.0. The minimum Gasteiger partial charge on any atom is -0.370 e. The van der Waals surface area contributed by atoms with Crippen LogP contribution in [0.15, 0.2) is 40.4 Å². The van der Waals surface area contributed by atoms with Gasteiger partial charge in [-0.3, -0.25) is 4.99 Å². The fourth-order valence-electron chi connectivity index (χ4n) is 18.8. The van der Waals surface area contributed by atoms with Crippen LogP contribution in [0.4, 0.5) is 0 Å². The first kappa shape index (κ1) is 38.6. The third kappa shape index (κ3) is 6.78. The van der Waals surface area contributed by atoms with Crippen molar-refractivity contribution in [1.82, 2.24) is 5.32 Å². The van der Waals surface area contributed by atoms with E-state index in [0.717, 1.165) is 82.9 Å². The molecule has 11 unspecified atom stereocenters. The first-order valence-corrected chi connectivity index (χ1v) is 26.5. The molecule has 0 aromatic rings. The maximum Gasteiger partial charge on any atom is 0.100 e. The van der Waals surface area contributed by atoms with E-state index >= 15 is 0 Å². The third-order valence-electron chi connectivity index (χ3n) is 21.1. The van der Waals surface area contributed by atoms with E-state index in [-0.39, 0.29) is 0 Å². The van der Waals surface area contributed by atoms with Gasteiger partial charge in [-0.25, -0.2) is 0 Å². The van der Waals surface area contributed by atoms with Crippen molar-refractivity contribution in [1.29, 1.82) is 0 Å². The zero-order valence-electron chi connectivity index (χ0n) is 36.9. The van der Waals surface area contributed by atoms with Crippen LogP contribution in [-0.2, 0) is 0 Å². The predicted octanol–water partition coefficient (Wildman–Crippen LogP) is 14.5. The average Bonchev–Trinajstić information content (AvgIpc) is 3.97. The smallest absolute Gasteiger partial charge is 0.100 e. The van der Waals surface area contributed by atoms with Gasteiger partial charge < -0.3 is 5.32 Å². The van der Waals surface area contributed by atoms with Crippen LogP contribution in [0.25, 0.3) is 0 Å². The lowest BCUT2D eigenvalue weighted by Gasteiger charge is -2.46. The molecule has 11 aliphatic rings. The summed E-state index contributed by atoms with van der Waals surface area (Å²) in [7, 11) is 0. The summed E-state index contributed by atoms with van der Waals surface area (Å²) in [6.45, 7) is 5.26. The molecule has 1 aliphatic heterocycles. The summed E-state index contributed by atoms with van der Waals surface area (Å²) >= 11 is 0. The van der Waals surface area contributed by atoms with Crippen molar-refractivity contribution in [3.63, 3.8) is 0 Å². The Morgan fingerprint density at radius 2 is 1.40 bits per heavy atom. The topological polar surface area (TPSA) is 24.4 Å². The van der Waals surface area contributed by atoms with Gasteiger partial charge in [0.05, 0.1) is 6.04 Å². The normalized spacial score (nSPS) is 47.0. The van der Waals surface area contributed by atoms with Crippen molar-refractivity contribution in [3.05, 3.63) is 35.5 Å². The molecule has 1 spiro atoms. The Labute approximate surface area is 350 Å². The molecule has 6 fully saturated rings. The Morgan fingerprint density at radius 3 is 2.14 bits per heavy atom. The molecule has 57 heavy (non-hydrogen) atoms. The van der Waals surface area contributed by atoms with Gasteiger partial charge in [0.15, 0.2) is 0 Å². The van der Waals surface area contributed by atoms with Crippen LogP contribution < -0.4 is 5.32 Å². The molecule has 1 heterocycles. The van der Waals surface area contributed by atoms with Crippen LogP contribution in [0.5, 0.6) is 0 Å². The fraction of sp³-hybridized carbons (Fsp3) is 0.873. The van der Waals surface area contributed by atoms with Gasteiger partial charge in [0.1, 0.15) is 5.84 Å². The number of amidine groups is 1. The second kappa shape index (κ2) is 16.2. The van der Waals surface area contributed by atoms with Crippen molar-refractivity contribution >= 4 is 5.84 Å².